The number of aryl methyl sites for hydroxylation is 2. The zero-order chi connectivity index (χ0) is 15.1. The molecule has 124 valence electrons. The summed E-state index contributed by atoms with van der Waals surface area (Å²) in [5.74, 6) is 2.72. The van der Waals surface area contributed by atoms with E-state index in [1.807, 2.05) is 13.0 Å². The molecule has 2 saturated heterocycles. The molecule has 4 rings (SSSR count). The van der Waals surface area contributed by atoms with E-state index >= 15 is 0 Å². The second-order valence-corrected chi connectivity index (χ2v) is 6.49. The molecule has 2 bridgehead atoms. The summed E-state index contributed by atoms with van der Waals surface area (Å²) in [6.45, 7) is 6.20. The minimum Gasteiger partial charge on any atom is -0.353 e. The van der Waals surface area contributed by atoms with E-state index in [1.54, 1.807) is 0 Å². The molecular weight excluding hydrogens is 312 g/mol. The van der Waals surface area contributed by atoms with Crippen LogP contribution in [0.2, 0.25) is 0 Å². The molecule has 7 heteroatoms. The van der Waals surface area contributed by atoms with E-state index < -0.39 is 0 Å². The van der Waals surface area contributed by atoms with Crippen LogP contribution >= 0.6 is 12.4 Å². The monoisotopic (exact) mass is 334 g/mol. The molecule has 23 heavy (non-hydrogen) atoms. The zero-order valence-electron chi connectivity index (χ0n) is 13.5. The van der Waals surface area contributed by atoms with Crippen LogP contribution in [0.25, 0.3) is 0 Å². The molecule has 0 spiro atoms. The quantitative estimate of drug-likeness (QED) is 0.804. The smallest absolute Gasteiger partial charge is 0.153 e. The second kappa shape index (κ2) is 6.37. The van der Waals surface area contributed by atoms with Gasteiger partial charge in [0.2, 0.25) is 0 Å². The third kappa shape index (κ3) is 3.43. The van der Waals surface area contributed by atoms with Crippen molar-refractivity contribution < 1.29 is 0 Å². The molecule has 0 radical (unpaired) electrons. The molecule has 0 aromatic carbocycles. The Morgan fingerprint density at radius 2 is 1.83 bits per heavy atom. The summed E-state index contributed by atoms with van der Waals surface area (Å²) in [4.78, 5) is 7.20. The maximum absolute atomic E-state index is 4.79. The number of hydrogen-bond acceptors (Lipinski definition) is 5. The van der Waals surface area contributed by atoms with Gasteiger partial charge in [0.1, 0.15) is 11.6 Å². The van der Waals surface area contributed by atoms with Gasteiger partial charge in [0.05, 0.1) is 0 Å². The lowest BCUT2D eigenvalue weighted by molar-refractivity contribution is 0.463. The number of aromatic nitrogens is 3. The highest BCUT2D eigenvalue weighted by atomic mass is 35.5. The Labute approximate surface area is 142 Å². The lowest BCUT2D eigenvalue weighted by Gasteiger charge is -2.34. The van der Waals surface area contributed by atoms with Crippen molar-refractivity contribution in [1.82, 2.24) is 20.5 Å². The van der Waals surface area contributed by atoms with Gasteiger partial charge in [0.15, 0.2) is 5.82 Å². The summed E-state index contributed by atoms with van der Waals surface area (Å²) < 4.78 is 0. The van der Waals surface area contributed by atoms with Gasteiger partial charge in [0.25, 0.3) is 0 Å². The fraction of sp³-hybridized carbons (Fsp3) is 0.500. The van der Waals surface area contributed by atoms with Gasteiger partial charge in [-0.2, -0.15) is 5.10 Å². The standard InChI is InChI=1S/C16H22N6.ClH/c1-10-5-14(18-15-7-11(2)20-21-15)19-16(6-10)22-8-12-3-4-13(9-22)17-12;/h5-7,12-13,17H,3-4,8-9H2,1-2H3,(H2,18,19,20,21);1H. The SMILES string of the molecule is Cc1cc(Nc2cc(C)[nH]n2)nc(N2CC3CCC(C2)N3)c1.Cl. The van der Waals surface area contributed by atoms with Crippen LogP contribution in [0, 0.1) is 13.8 Å². The first-order valence-corrected chi connectivity index (χ1v) is 7.94. The van der Waals surface area contributed by atoms with Crippen LogP contribution in [0.3, 0.4) is 0 Å². The zero-order valence-corrected chi connectivity index (χ0v) is 14.3. The average Bonchev–Trinajstić information content (AvgIpc) is 3.03. The Hall–Kier alpha value is -1.79. The van der Waals surface area contributed by atoms with Crippen molar-refractivity contribution in [3.63, 3.8) is 0 Å². The first kappa shape index (κ1) is 16.1. The van der Waals surface area contributed by atoms with E-state index in [9.17, 15) is 0 Å². The van der Waals surface area contributed by atoms with Crippen LogP contribution in [-0.2, 0) is 0 Å². The van der Waals surface area contributed by atoms with E-state index in [-0.39, 0.29) is 12.4 Å². The van der Waals surface area contributed by atoms with Crippen molar-refractivity contribution >= 4 is 29.9 Å². The fourth-order valence-corrected chi connectivity index (χ4v) is 3.47. The minimum atomic E-state index is 0. The summed E-state index contributed by atoms with van der Waals surface area (Å²) in [6, 6.07) is 7.45. The first-order chi connectivity index (χ1) is 10.7. The van der Waals surface area contributed by atoms with E-state index in [4.69, 9.17) is 4.98 Å². The average molecular weight is 335 g/mol. The van der Waals surface area contributed by atoms with Gasteiger partial charge in [-0.15, -0.1) is 12.4 Å². The maximum atomic E-state index is 4.79. The number of anilines is 3. The van der Waals surface area contributed by atoms with Crippen molar-refractivity contribution in [2.24, 2.45) is 0 Å². The molecular formula is C16H23ClN6. The highest BCUT2D eigenvalue weighted by Crippen LogP contribution is 2.26. The Bertz CT molecular complexity index is 673. The predicted molar refractivity (Wildman–Crippen MR) is 95.0 cm³/mol. The minimum absolute atomic E-state index is 0. The molecule has 0 amide bonds. The number of rotatable bonds is 3. The normalized spacial score (nSPS) is 22.8. The summed E-state index contributed by atoms with van der Waals surface area (Å²) >= 11 is 0. The van der Waals surface area contributed by atoms with Gasteiger partial charge in [0, 0.05) is 36.9 Å². The number of H-pyrrole nitrogens is 1. The van der Waals surface area contributed by atoms with E-state index in [1.165, 1.54) is 18.4 Å². The Balaban J connectivity index is 0.00000156. The lowest BCUT2D eigenvalue weighted by atomic mass is 10.2. The Kier molecular flexibility index (Phi) is 4.46. The Morgan fingerprint density at radius 1 is 1.09 bits per heavy atom. The van der Waals surface area contributed by atoms with Crippen LogP contribution in [0.15, 0.2) is 18.2 Å². The third-order valence-corrected chi connectivity index (χ3v) is 4.46. The topological polar surface area (TPSA) is 68.9 Å². The lowest BCUT2D eigenvalue weighted by Crippen LogP contribution is -2.51. The van der Waals surface area contributed by atoms with Crippen LogP contribution in [0.5, 0.6) is 0 Å². The van der Waals surface area contributed by atoms with E-state index in [2.05, 4.69) is 44.8 Å². The number of piperazine rings is 1. The number of fused-ring (bicyclic) bond motifs is 2. The summed E-state index contributed by atoms with van der Waals surface area (Å²) in [5, 5.41) is 14.1. The van der Waals surface area contributed by atoms with Gasteiger partial charge < -0.3 is 15.5 Å². The predicted octanol–water partition coefficient (Wildman–Crippen LogP) is 2.53. The Morgan fingerprint density at radius 3 is 2.48 bits per heavy atom. The molecule has 2 aliphatic heterocycles. The number of hydrogen-bond donors (Lipinski definition) is 3. The molecule has 0 aliphatic carbocycles. The third-order valence-electron chi connectivity index (χ3n) is 4.46. The molecule has 2 atom stereocenters. The van der Waals surface area contributed by atoms with E-state index in [0.29, 0.717) is 12.1 Å². The van der Waals surface area contributed by atoms with Crippen molar-refractivity contribution in [2.45, 2.75) is 38.8 Å². The fourth-order valence-electron chi connectivity index (χ4n) is 3.47. The van der Waals surface area contributed by atoms with Gasteiger partial charge in [-0.3, -0.25) is 5.10 Å². The first-order valence-electron chi connectivity index (χ1n) is 7.94. The molecule has 2 fully saturated rings. The largest absolute Gasteiger partial charge is 0.353 e. The van der Waals surface area contributed by atoms with Gasteiger partial charge in [-0.1, -0.05) is 0 Å². The number of nitrogens with one attached hydrogen (secondary N) is 3. The molecule has 2 aromatic rings. The number of nitrogens with zero attached hydrogens (tertiary/aromatic N) is 3. The van der Waals surface area contributed by atoms with Gasteiger partial charge >= 0.3 is 0 Å². The van der Waals surface area contributed by atoms with Crippen LogP contribution in [-0.4, -0.2) is 40.4 Å². The van der Waals surface area contributed by atoms with Crippen LogP contribution < -0.4 is 15.5 Å². The highest BCUT2D eigenvalue weighted by Gasteiger charge is 2.32. The van der Waals surface area contributed by atoms with Gasteiger partial charge in [-0.25, -0.2) is 4.98 Å². The molecule has 2 aliphatic rings. The van der Waals surface area contributed by atoms with Crippen LogP contribution in [0.4, 0.5) is 17.5 Å². The van der Waals surface area contributed by atoms with Crippen molar-refractivity contribution in [3.05, 3.63) is 29.5 Å². The molecule has 3 N–H and O–H groups in total. The van der Waals surface area contributed by atoms with Gasteiger partial charge in [-0.05, 0) is 44.4 Å². The molecule has 4 heterocycles. The van der Waals surface area contributed by atoms with Crippen molar-refractivity contribution in [3.8, 4) is 0 Å². The van der Waals surface area contributed by atoms with Crippen molar-refractivity contribution in [2.75, 3.05) is 23.3 Å². The molecule has 2 unspecified atom stereocenters. The number of aromatic amines is 1. The summed E-state index contributed by atoms with van der Waals surface area (Å²) in [7, 11) is 0. The molecule has 2 aromatic heterocycles. The summed E-state index contributed by atoms with van der Waals surface area (Å²) in [6.07, 6.45) is 2.56. The summed E-state index contributed by atoms with van der Waals surface area (Å²) in [5.41, 5.74) is 2.25. The van der Waals surface area contributed by atoms with Crippen LogP contribution in [0.1, 0.15) is 24.1 Å². The maximum Gasteiger partial charge on any atom is 0.153 e. The molecule has 0 saturated carbocycles. The number of halogens is 1. The van der Waals surface area contributed by atoms with E-state index in [0.717, 1.165) is 36.2 Å². The van der Waals surface area contributed by atoms with Crippen molar-refractivity contribution in [1.29, 1.82) is 0 Å². The molecule has 6 nitrogen and oxygen atoms in total. The number of pyridine rings is 1. The second-order valence-electron chi connectivity index (χ2n) is 6.49. The highest BCUT2D eigenvalue weighted by molar-refractivity contribution is 5.85.